The van der Waals surface area contributed by atoms with Gasteiger partial charge in [0.15, 0.2) is 0 Å². The van der Waals surface area contributed by atoms with E-state index >= 15 is 0 Å². The Balaban J connectivity index is 1.23. The number of aromatic nitrogens is 4. The average molecular weight is 626 g/mol. The molecule has 0 saturated carbocycles. The third kappa shape index (κ3) is 5.00. The SMILES string of the molecule is N#Cc1ccc(-c2nc3ccccc3nc2-c2cc(-c3ccccc3)cc(-c3ccc(-n4c5ccccc5c5ccccc54)cc3)n2)cc1. The molecular formula is C44H27N5. The average Bonchev–Trinajstić information content (AvgIpc) is 3.52. The molecule has 0 bridgehead atoms. The molecule has 9 rings (SSSR count). The van der Waals surface area contributed by atoms with Crippen molar-refractivity contribution in [1.29, 1.82) is 5.26 Å². The summed E-state index contributed by atoms with van der Waals surface area (Å²) in [6.45, 7) is 0. The number of fused-ring (bicyclic) bond motifs is 4. The van der Waals surface area contributed by atoms with Crippen LogP contribution >= 0.6 is 0 Å². The quantitative estimate of drug-likeness (QED) is 0.191. The summed E-state index contributed by atoms with van der Waals surface area (Å²) in [6, 6.07) is 57.9. The predicted molar refractivity (Wildman–Crippen MR) is 198 cm³/mol. The monoisotopic (exact) mass is 625 g/mol. The van der Waals surface area contributed by atoms with E-state index in [2.05, 4.69) is 108 Å². The van der Waals surface area contributed by atoms with Crippen molar-refractivity contribution >= 4 is 32.8 Å². The topological polar surface area (TPSA) is 67.4 Å². The molecule has 0 aliphatic rings. The highest BCUT2D eigenvalue weighted by molar-refractivity contribution is 6.09. The van der Waals surface area contributed by atoms with E-state index in [1.165, 1.54) is 21.8 Å². The minimum Gasteiger partial charge on any atom is -0.309 e. The van der Waals surface area contributed by atoms with Crippen LogP contribution in [-0.2, 0) is 0 Å². The van der Waals surface area contributed by atoms with Crippen LogP contribution in [-0.4, -0.2) is 19.5 Å². The Hall–Kier alpha value is -6.90. The molecule has 0 aliphatic carbocycles. The Labute approximate surface area is 283 Å². The van der Waals surface area contributed by atoms with Gasteiger partial charge in [-0.1, -0.05) is 103 Å². The van der Waals surface area contributed by atoms with Crippen LogP contribution in [0.25, 0.3) is 83.6 Å². The zero-order chi connectivity index (χ0) is 32.7. The van der Waals surface area contributed by atoms with E-state index < -0.39 is 0 Å². The van der Waals surface area contributed by atoms with E-state index in [-0.39, 0.29) is 0 Å². The number of benzene rings is 6. The fraction of sp³-hybridized carbons (Fsp3) is 0. The summed E-state index contributed by atoms with van der Waals surface area (Å²) in [5.41, 5.74) is 12.6. The van der Waals surface area contributed by atoms with Gasteiger partial charge in [0, 0.05) is 27.6 Å². The minimum atomic E-state index is 0.592. The van der Waals surface area contributed by atoms with Gasteiger partial charge in [0.25, 0.3) is 0 Å². The molecule has 5 nitrogen and oxygen atoms in total. The van der Waals surface area contributed by atoms with E-state index in [1.54, 1.807) is 0 Å². The summed E-state index contributed by atoms with van der Waals surface area (Å²) in [6.07, 6.45) is 0. The molecule has 0 saturated heterocycles. The van der Waals surface area contributed by atoms with Gasteiger partial charge in [-0.05, 0) is 71.8 Å². The van der Waals surface area contributed by atoms with Gasteiger partial charge in [-0.15, -0.1) is 0 Å². The lowest BCUT2D eigenvalue weighted by Crippen LogP contribution is -1.99. The fourth-order valence-electron chi connectivity index (χ4n) is 6.66. The molecule has 0 atom stereocenters. The van der Waals surface area contributed by atoms with Crippen molar-refractivity contribution < 1.29 is 0 Å². The van der Waals surface area contributed by atoms with Crippen LogP contribution in [0, 0.1) is 11.3 Å². The van der Waals surface area contributed by atoms with E-state index in [0.29, 0.717) is 17.0 Å². The minimum absolute atomic E-state index is 0.592. The van der Waals surface area contributed by atoms with Crippen molar-refractivity contribution in [3.63, 3.8) is 0 Å². The van der Waals surface area contributed by atoms with E-state index in [9.17, 15) is 5.26 Å². The van der Waals surface area contributed by atoms with Crippen LogP contribution in [0.3, 0.4) is 0 Å². The maximum absolute atomic E-state index is 9.43. The normalized spacial score (nSPS) is 11.2. The van der Waals surface area contributed by atoms with Gasteiger partial charge in [-0.2, -0.15) is 5.26 Å². The van der Waals surface area contributed by atoms with Crippen LogP contribution in [0.15, 0.2) is 164 Å². The molecule has 0 unspecified atom stereocenters. The Kier molecular flexibility index (Phi) is 6.78. The molecule has 0 spiro atoms. The highest BCUT2D eigenvalue weighted by Crippen LogP contribution is 2.36. The lowest BCUT2D eigenvalue weighted by molar-refractivity contribution is 1.18. The van der Waals surface area contributed by atoms with E-state index in [1.807, 2.05) is 66.7 Å². The van der Waals surface area contributed by atoms with Crippen molar-refractivity contribution in [3.05, 3.63) is 169 Å². The van der Waals surface area contributed by atoms with Crippen LogP contribution < -0.4 is 0 Å². The van der Waals surface area contributed by atoms with Gasteiger partial charge >= 0.3 is 0 Å². The van der Waals surface area contributed by atoms with Crippen LogP contribution in [0.1, 0.15) is 5.56 Å². The third-order valence-electron chi connectivity index (χ3n) is 9.03. The van der Waals surface area contributed by atoms with Gasteiger partial charge < -0.3 is 4.57 Å². The molecule has 0 radical (unpaired) electrons. The first-order valence-corrected chi connectivity index (χ1v) is 16.2. The Morgan fingerprint density at radius 3 is 1.63 bits per heavy atom. The summed E-state index contributed by atoms with van der Waals surface area (Å²) in [4.78, 5) is 15.5. The molecular weight excluding hydrogens is 599 g/mol. The zero-order valence-corrected chi connectivity index (χ0v) is 26.3. The molecule has 0 N–H and O–H groups in total. The van der Waals surface area contributed by atoms with Gasteiger partial charge in [-0.3, -0.25) is 0 Å². The lowest BCUT2D eigenvalue weighted by atomic mass is 9.99. The number of rotatable bonds is 5. The Morgan fingerprint density at radius 2 is 0.980 bits per heavy atom. The number of hydrogen-bond donors (Lipinski definition) is 0. The maximum Gasteiger partial charge on any atom is 0.116 e. The molecule has 5 heteroatoms. The second kappa shape index (κ2) is 11.7. The van der Waals surface area contributed by atoms with Gasteiger partial charge in [-0.25, -0.2) is 15.0 Å². The zero-order valence-electron chi connectivity index (χ0n) is 26.3. The summed E-state index contributed by atoms with van der Waals surface area (Å²) >= 11 is 0. The van der Waals surface area contributed by atoms with Gasteiger partial charge in [0.2, 0.25) is 0 Å². The number of nitriles is 1. The molecule has 49 heavy (non-hydrogen) atoms. The highest BCUT2D eigenvalue weighted by Gasteiger charge is 2.18. The van der Waals surface area contributed by atoms with E-state index in [4.69, 9.17) is 15.0 Å². The second-order valence-corrected chi connectivity index (χ2v) is 12.0. The molecule has 3 heterocycles. The summed E-state index contributed by atoms with van der Waals surface area (Å²) < 4.78 is 2.32. The first-order valence-electron chi connectivity index (χ1n) is 16.2. The summed E-state index contributed by atoms with van der Waals surface area (Å²) in [5.74, 6) is 0. The lowest BCUT2D eigenvalue weighted by Gasteiger charge is -2.14. The smallest absolute Gasteiger partial charge is 0.116 e. The molecule has 6 aromatic carbocycles. The van der Waals surface area contributed by atoms with Crippen LogP contribution in [0.4, 0.5) is 0 Å². The van der Waals surface area contributed by atoms with Crippen molar-refractivity contribution in [2.24, 2.45) is 0 Å². The maximum atomic E-state index is 9.43. The number of nitrogens with zero attached hydrogens (tertiary/aromatic N) is 5. The van der Waals surface area contributed by atoms with Gasteiger partial charge in [0.1, 0.15) is 5.69 Å². The van der Waals surface area contributed by atoms with Crippen molar-refractivity contribution in [2.45, 2.75) is 0 Å². The van der Waals surface area contributed by atoms with Crippen LogP contribution in [0.2, 0.25) is 0 Å². The highest BCUT2D eigenvalue weighted by atomic mass is 15.0. The number of pyridine rings is 1. The first-order chi connectivity index (χ1) is 24.2. The van der Waals surface area contributed by atoms with Crippen molar-refractivity contribution in [3.8, 4) is 56.8 Å². The molecule has 0 aliphatic heterocycles. The third-order valence-corrected chi connectivity index (χ3v) is 9.03. The molecule has 0 amide bonds. The molecule has 228 valence electrons. The van der Waals surface area contributed by atoms with Crippen LogP contribution in [0.5, 0.6) is 0 Å². The molecule has 3 aromatic heterocycles. The van der Waals surface area contributed by atoms with Gasteiger partial charge in [0.05, 0.1) is 50.8 Å². The predicted octanol–water partition coefficient (Wildman–Crippen LogP) is 10.7. The Bertz CT molecular complexity index is 2650. The number of para-hydroxylation sites is 4. The Morgan fingerprint density at radius 1 is 0.429 bits per heavy atom. The summed E-state index contributed by atoms with van der Waals surface area (Å²) in [7, 11) is 0. The fourth-order valence-corrected chi connectivity index (χ4v) is 6.66. The molecule has 9 aromatic rings. The second-order valence-electron chi connectivity index (χ2n) is 12.0. The molecule has 0 fully saturated rings. The largest absolute Gasteiger partial charge is 0.309 e. The van der Waals surface area contributed by atoms with Crippen molar-refractivity contribution in [2.75, 3.05) is 0 Å². The first kappa shape index (κ1) is 28.3. The standard InChI is InChI=1S/C44H27N5/c45-28-29-18-20-32(21-19-29)43-44(48-38-15-7-6-14-37(38)47-43)40-27-33(30-10-2-1-3-11-30)26-39(46-40)31-22-24-34(25-23-31)49-41-16-8-4-12-35(41)36-13-5-9-17-42(36)49/h1-27H. The van der Waals surface area contributed by atoms with Crippen molar-refractivity contribution in [1.82, 2.24) is 19.5 Å². The number of hydrogen-bond acceptors (Lipinski definition) is 4. The summed E-state index contributed by atoms with van der Waals surface area (Å²) in [5, 5.41) is 11.9. The van der Waals surface area contributed by atoms with E-state index in [0.717, 1.165) is 50.4 Å².